The van der Waals surface area contributed by atoms with E-state index in [-0.39, 0.29) is 5.91 Å². The molecule has 0 aromatic heterocycles. The Balaban J connectivity index is 2.74. The summed E-state index contributed by atoms with van der Waals surface area (Å²) in [5.74, 6) is -0.174. The first-order valence-corrected chi connectivity index (χ1v) is 8.23. The van der Waals surface area contributed by atoms with Crippen molar-refractivity contribution in [3.05, 3.63) is 0 Å². The van der Waals surface area contributed by atoms with Gasteiger partial charge in [0.2, 0.25) is 5.91 Å². The van der Waals surface area contributed by atoms with Crippen molar-refractivity contribution >= 4 is 5.91 Å². The van der Waals surface area contributed by atoms with E-state index >= 15 is 0 Å². The molecule has 1 fully saturated rings. The van der Waals surface area contributed by atoms with Gasteiger partial charge in [0.1, 0.15) is 0 Å². The Hall–Kier alpha value is -0.610. The molecule has 1 saturated carbocycles. The second-order valence-corrected chi connectivity index (χ2v) is 6.43. The molecular formula is C16H33N3O. The van der Waals surface area contributed by atoms with Crippen LogP contribution < -0.4 is 11.1 Å². The summed E-state index contributed by atoms with van der Waals surface area (Å²) in [4.78, 5) is 14.4. The topological polar surface area (TPSA) is 58.4 Å². The minimum atomic E-state index is -0.487. The number of nitrogens with zero attached hydrogens (tertiary/aromatic N) is 1. The van der Waals surface area contributed by atoms with Crippen LogP contribution in [0.4, 0.5) is 0 Å². The van der Waals surface area contributed by atoms with Gasteiger partial charge in [-0.1, -0.05) is 20.3 Å². The molecule has 0 radical (unpaired) electrons. The second-order valence-electron chi connectivity index (χ2n) is 6.43. The molecule has 0 spiro atoms. The largest absolute Gasteiger partial charge is 0.368 e. The third-order valence-electron chi connectivity index (χ3n) is 4.89. The van der Waals surface area contributed by atoms with E-state index in [1.54, 1.807) is 0 Å². The molecule has 0 bridgehead atoms. The Morgan fingerprint density at radius 3 is 2.70 bits per heavy atom. The van der Waals surface area contributed by atoms with E-state index in [2.05, 4.69) is 38.0 Å². The summed E-state index contributed by atoms with van der Waals surface area (Å²) in [5.41, 5.74) is 5.23. The van der Waals surface area contributed by atoms with Crippen molar-refractivity contribution in [3.8, 4) is 0 Å². The number of nitrogens with one attached hydrogen (secondary N) is 1. The number of carbonyl (C=O) groups is 1. The molecule has 0 aromatic carbocycles. The maximum absolute atomic E-state index is 12.0. The van der Waals surface area contributed by atoms with Crippen molar-refractivity contribution in [3.63, 3.8) is 0 Å². The standard InChI is InChI=1S/C16H33N3O/c1-5-8-13(3)19(4)14-9-7-10-16(12-14,15(17)20)18-11-6-2/h13-14,18H,5-12H2,1-4H3,(H2,17,20). The van der Waals surface area contributed by atoms with Gasteiger partial charge in [0.25, 0.3) is 0 Å². The van der Waals surface area contributed by atoms with Gasteiger partial charge in [-0.2, -0.15) is 0 Å². The van der Waals surface area contributed by atoms with E-state index in [1.807, 2.05) is 0 Å². The first kappa shape index (κ1) is 17.4. The van der Waals surface area contributed by atoms with Gasteiger partial charge in [-0.25, -0.2) is 0 Å². The molecule has 0 heterocycles. The van der Waals surface area contributed by atoms with Gasteiger partial charge in [-0.15, -0.1) is 0 Å². The van der Waals surface area contributed by atoms with Crippen molar-refractivity contribution in [1.82, 2.24) is 10.2 Å². The van der Waals surface area contributed by atoms with E-state index in [0.717, 1.165) is 32.2 Å². The van der Waals surface area contributed by atoms with Crippen LogP contribution in [0.5, 0.6) is 0 Å². The Labute approximate surface area is 124 Å². The van der Waals surface area contributed by atoms with Crippen LogP contribution in [0.25, 0.3) is 0 Å². The molecule has 3 atom stereocenters. The minimum absolute atomic E-state index is 0.174. The zero-order valence-electron chi connectivity index (χ0n) is 13.7. The monoisotopic (exact) mass is 283 g/mol. The zero-order valence-corrected chi connectivity index (χ0v) is 13.7. The summed E-state index contributed by atoms with van der Waals surface area (Å²) in [6.07, 6.45) is 7.43. The summed E-state index contributed by atoms with van der Waals surface area (Å²) >= 11 is 0. The minimum Gasteiger partial charge on any atom is -0.368 e. The molecule has 0 aliphatic heterocycles. The van der Waals surface area contributed by atoms with Crippen LogP contribution in [-0.4, -0.2) is 42.0 Å². The van der Waals surface area contributed by atoms with E-state index in [1.165, 1.54) is 19.3 Å². The van der Waals surface area contributed by atoms with Crippen molar-refractivity contribution in [1.29, 1.82) is 0 Å². The highest BCUT2D eigenvalue weighted by Gasteiger charge is 2.42. The molecule has 0 aromatic rings. The molecule has 20 heavy (non-hydrogen) atoms. The second kappa shape index (κ2) is 7.99. The third-order valence-corrected chi connectivity index (χ3v) is 4.89. The predicted octanol–water partition coefficient (Wildman–Crippen LogP) is 2.27. The van der Waals surface area contributed by atoms with Gasteiger partial charge < -0.3 is 16.0 Å². The number of rotatable bonds is 8. The molecule has 0 saturated heterocycles. The van der Waals surface area contributed by atoms with Crippen LogP contribution in [-0.2, 0) is 4.79 Å². The van der Waals surface area contributed by atoms with Gasteiger partial charge in [-0.3, -0.25) is 4.79 Å². The SMILES string of the molecule is CCCNC1(C(N)=O)CCCC(N(C)C(C)CCC)C1. The van der Waals surface area contributed by atoms with E-state index in [0.29, 0.717) is 12.1 Å². The highest BCUT2D eigenvalue weighted by Crippen LogP contribution is 2.32. The maximum atomic E-state index is 12.0. The molecule has 3 N–H and O–H groups in total. The zero-order chi connectivity index (χ0) is 15.2. The van der Waals surface area contributed by atoms with Gasteiger partial charge in [0.05, 0.1) is 5.54 Å². The summed E-state index contributed by atoms with van der Waals surface area (Å²) in [5, 5.41) is 3.44. The average Bonchev–Trinajstić information content (AvgIpc) is 2.44. The van der Waals surface area contributed by atoms with Crippen LogP contribution in [0.2, 0.25) is 0 Å². The van der Waals surface area contributed by atoms with Gasteiger partial charge in [0.15, 0.2) is 0 Å². The molecule has 1 amide bonds. The average molecular weight is 283 g/mol. The lowest BCUT2D eigenvalue weighted by atomic mass is 9.77. The predicted molar refractivity (Wildman–Crippen MR) is 84.6 cm³/mol. The molecule has 118 valence electrons. The lowest BCUT2D eigenvalue weighted by molar-refractivity contribution is -0.126. The highest BCUT2D eigenvalue weighted by molar-refractivity contribution is 5.84. The number of carbonyl (C=O) groups excluding carboxylic acids is 1. The molecule has 1 aliphatic carbocycles. The number of primary amides is 1. The Morgan fingerprint density at radius 1 is 1.45 bits per heavy atom. The fraction of sp³-hybridized carbons (Fsp3) is 0.938. The number of hydrogen-bond acceptors (Lipinski definition) is 3. The van der Waals surface area contributed by atoms with Crippen LogP contribution in [0.15, 0.2) is 0 Å². The van der Waals surface area contributed by atoms with E-state index in [4.69, 9.17) is 5.73 Å². The van der Waals surface area contributed by atoms with Crippen molar-refractivity contribution in [2.24, 2.45) is 5.73 Å². The Bertz CT molecular complexity index is 308. The lowest BCUT2D eigenvalue weighted by Gasteiger charge is -2.44. The van der Waals surface area contributed by atoms with Gasteiger partial charge in [0, 0.05) is 12.1 Å². The molecule has 4 nitrogen and oxygen atoms in total. The smallest absolute Gasteiger partial charge is 0.237 e. The molecular weight excluding hydrogens is 250 g/mol. The van der Waals surface area contributed by atoms with Crippen molar-refractivity contribution < 1.29 is 4.79 Å². The van der Waals surface area contributed by atoms with Crippen LogP contribution in [0, 0.1) is 0 Å². The van der Waals surface area contributed by atoms with Crippen molar-refractivity contribution in [2.45, 2.75) is 83.3 Å². The first-order valence-electron chi connectivity index (χ1n) is 8.23. The number of hydrogen-bond donors (Lipinski definition) is 2. The first-order chi connectivity index (χ1) is 9.46. The summed E-state index contributed by atoms with van der Waals surface area (Å²) in [6, 6.07) is 1.03. The molecule has 1 aliphatic rings. The molecule has 1 rings (SSSR count). The van der Waals surface area contributed by atoms with Gasteiger partial charge in [-0.05, 0) is 59.0 Å². The third kappa shape index (κ3) is 4.19. The molecule has 4 heteroatoms. The maximum Gasteiger partial charge on any atom is 0.237 e. The van der Waals surface area contributed by atoms with E-state index < -0.39 is 5.54 Å². The van der Waals surface area contributed by atoms with E-state index in [9.17, 15) is 4.79 Å². The van der Waals surface area contributed by atoms with Crippen LogP contribution >= 0.6 is 0 Å². The van der Waals surface area contributed by atoms with Crippen LogP contribution in [0.3, 0.4) is 0 Å². The summed E-state index contributed by atoms with van der Waals surface area (Å²) in [6.45, 7) is 7.49. The fourth-order valence-corrected chi connectivity index (χ4v) is 3.41. The Morgan fingerprint density at radius 2 is 2.15 bits per heavy atom. The van der Waals surface area contributed by atoms with Crippen LogP contribution in [0.1, 0.15) is 65.7 Å². The number of nitrogens with two attached hydrogens (primary N) is 1. The fourth-order valence-electron chi connectivity index (χ4n) is 3.41. The lowest BCUT2D eigenvalue weighted by Crippen LogP contribution is -2.61. The summed E-state index contributed by atoms with van der Waals surface area (Å²) < 4.78 is 0. The van der Waals surface area contributed by atoms with Crippen molar-refractivity contribution in [2.75, 3.05) is 13.6 Å². The summed E-state index contributed by atoms with van der Waals surface area (Å²) in [7, 11) is 2.20. The Kier molecular flexibility index (Phi) is 6.96. The highest BCUT2D eigenvalue weighted by atomic mass is 16.1. The van der Waals surface area contributed by atoms with Gasteiger partial charge >= 0.3 is 0 Å². The normalized spacial score (nSPS) is 28.6. The molecule has 3 unspecified atom stereocenters. The quantitative estimate of drug-likeness (QED) is 0.718. The number of amides is 1.